The van der Waals surface area contributed by atoms with E-state index in [1.165, 1.54) is 42.9 Å². The van der Waals surface area contributed by atoms with E-state index in [-0.39, 0.29) is 11.3 Å². The minimum atomic E-state index is -0.000794. The number of amides is 1. The van der Waals surface area contributed by atoms with E-state index in [1.807, 2.05) is 13.0 Å². The monoisotopic (exact) mass is 327 g/mol. The average Bonchev–Trinajstić information content (AvgIpc) is 2.45. The Morgan fingerprint density at radius 3 is 2.50 bits per heavy atom. The van der Waals surface area contributed by atoms with E-state index in [1.54, 1.807) is 0 Å². The van der Waals surface area contributed by atoms with Crippen LogP contribution in [0.3, 0.4) is 0 Å². The Bertz CT molecular complexity index is 597. The van der Waals surface area contributed by atoms with Crippen molar-refractivity contribution < 1.29 is 4.79 Å². The van der Waals surface area contributed by atoms with Crippen molar-refractivity contribution in [3.05, 3.63) is 58.7 Å². The van der Waals surface area contributed by atoms with Crippen LogP contribution in [0.2, 0.25) is 0 Å². The summed E-state index contributed by atoms with van der Waals surface area (Å²) < 4.78 is 0. The molecule has 0 atom stereocenters. The molecule has 132 valence electrons. The standard InChI is InChI=1S/C22H33NO/c1-17(9-7-10-18(2)14-16-23-20(4)24)12-13-21-19(3)11-8-15-22(21,5)6/h7,9-10,12-14H,8,11,15-16H2,1-6H3,(H,23,24)/b10-7+,13-12+,17-9+,18-14+. The van der Waals surface area contributed by atoms with Crippen LogP contribution >= 0.6 is 0 Å². The van der Waals surface area contributed by atoms with Crippen molar-refractivity contribution in [2.45, 2.75) is 60.8 Å². The van der Waals surface area contributed by atoms with E-state index >= 15 is 0 Å². The molecule has 0 aromatic carbocycles. The maximum Gasteiger partial charge on any atom is 0.217 e. The Balaban J connectivity index is 2.67. The first-order valence-electron chi connectivity index (χ1n) is 8.87. The number of allylic oxidation sites excluding steroid dienone is 9. The molecule has 2 nitrogen and oxygen atoms in total. The third-order valence-electron chi connectivity index (χ3n) is 4.55. The summed E-state index contributed by atoms with van der Waals surface area (Å²) in [6.45, 7) is 13.2. The zero-order chi connectivity index (χ0) is 18.2. The maximum atomic E-state index is 10.8. The molecule has 24 heavy (non-hydrogen) atoms. The minimum absolute atomic E-state index is 0.000794. The van der Waals surface area contributed by atoms with E-state index in [2.05, 4.69) is 63.4 Å². The van der Waals surface area contributed by atoms with Crippen molar-refractivity contribution in [3.63, 3.8) is 0 Å². The number of carbonyl (C=O) groups is 1. The predicted molar refractivity (Wildman–Crippen MR) is 105 cm³/mol. The van der Waals surface area contributed by atoms with Gasteiger partial charge in [-0.2, -0.15) is 0 Å². The van der Waals surface area contributed by atoms with Crippen LogP contribution < -0.4 is 5.32 Å². The molecule has 0 unspecified atom stereocenters. The molecule has 1 aliphatic carbocycles. The second kappa shape index (κ2) is 9.46. The molecule has 1 amide bonds. The zero-order valence-electron chi connectivity index (χ0n) is 16.2. The Morgan fingerprint density at radius 1 is 1.17 bits per heavy atom. The molecule has 1 rings (SSSR count). The van der Waals surface area contributed by atoms with Crippen molar-refractivity contribution in [2.75, 3.05) is 6.54 Å². The fraction of sp³-hybridized carbons (Fsp3) is 0.500. The van der Waals surface area contributed by atoms with Gasteiger partial charge in [-0.05, 0) is 51.0 Å². The highest BCUT2D eigenvalue weighted by molar-refractivity contribution is 5.72. The Labute approximate surface area is 148 Å². The van der Waals surface area contributed by atoms with Gasteiger partial charge in [0.2, 0.25) is 5.91 Å². The summed E-state index contributed by atoms with van der Waals surface area (Å²) in [5, 5.41) is 2.76. The van der Waals surface area contributed by atoms with E-state index in [0.717, 1.165) is 5.57 Å². The number of nitrogens with one attached hydrogen (secondary N) is 1. The fourth-order valence-corrected chi connectivity index (χ4v) is 3.06. The largest absolute Gasteiger partial charge is 0.353 e. The van der Waals surface area contributed by atoms with Gasteiger partial charge in [0.05, 0.1) is 0 Å². The molecule has 1 N–H and O–H groups in total. The summed E-state index contributed by atoms with van der Waals surface area (Å²) >= 11 is 0. The van der Waals surface area contributed by atoms with Gasteiger partial charge < -0.3 is 5.32 Å². The van der Waals surface area contributed by atoms with Gasteiger partial charge in [0.25, 0.3) is 0 Å². The van der Waals surface area contributed by atoms with E-state index in [4.69, 9.17) is 0 Å². The van der Waals surface area contributed by atoms with Crippen LogP contribution in [-0.4, -0.2) is 12.5 Å². The predicted octanol–water partition coefficient (Wildman–Crippen LogP) is 5.65. The van der Waals surface area contributed by atoms with Crippen LogP contribution in [-0.2, 0) is 4.79 Å². The molecule has 0 spiro atoms. The normalized spacial score (nSPS) is 19.4. The van der Waals surface area contributed by atoms with Crippen LogP contribution in [0.25, 0.3) is 0 Å². The molecule has 0 fully saturated rings. The van der Waals surface area contributed by atoms with Crippen molar-refractivity contribution in [3.8, 4) is 0 Å². The lowest BCUT2D eigenvalue weighted by atomic mass is 9.72. The van der Waals surface area contributed by atoms with E-state index in [9.17, 15) is 4.79 Å². The average molecular weight is 328 g/mol. The van der Waals surface area contributed by atoms with Crippen LogP contribution in [0.5, 0.6) is 0 Å². The van der Waals surface area contributed by atoms with E-state index in [0.29, 0.717) is 6.54 Å². The second-order valence-corrected chi connectivity index (χ2v) is 7.42. The molecule has 0 heterocycles. The lowest BCUT2D eigenvalue weighted by Gasteiger charge is -2.32. The highest BCUT2D eigenvalue weighted by atomic mass is 16.1. The highest BCUT2D eigenvalue weighted by Gasteiger charge is 2.26. The third kappa shape index (κ3) is 7.16. The molecule has 0 radical (unpaired) electrons. The van der Waals surface area contributed by atoms with Gasteiger partial charge >= 0.3 is 0 Å². The number of hydrogen-bond donors (Lipinski definition) is 1. The van der Waals surface area contributed by atoms with Crippen molar-refractivity contribution in [1.29, 1.82) is 0 Å². The topological polar surface area (TPSA) is 29.1 Å². The summed E-state index contributed by atoms with van der Waals surface area (Å²) in [7, 11) is 0. The summed E-state index contributed by atoms with van der Waals surface area (Å²) in [4.78, 5) is 10.8. The molecule has 0 saturated carbocycles. The van der Waals surface area contributed by atoms with Gasteiger partial charge in [0.15, 0.2) is 0 Å². The fourth-order valence-electron chi connectivity index (χ4n) is 3.06. The molecular formula is C22H33NO. The van der Waals surface area contributed by atoms with Gasteiger partial charge in [-0.25, -0.2) is 0 Å². The van der Waals surface area contributed by atoms with Gasteiger partial charge in [-0.3, -0.25) is 4.79 Å². The second-order valence-electron chi connectivity index (χ2n) is 7.42. The van der Waals surface area contributed by atoms with Crippen LogP contribution in [0.4, 0.5) is 0 Å². The Kier molecular flexibility index (Phi) is 7.97. The Hall–Kier alpha value is -1.83. The van der Waals surface area contributed by atoms with Gasteiger partial charge in [-0.15, -0.1) is 0 Å². The summed E-state index contributed by atoms with van der Waals surface area (Å²) in [6.07, 6.45) is 16.6. The minimum Gasteiger partial charge on any atom is -0.353 e. The van der Waals surface area contributed by atoms with Gasteiger partial charge in [0.1, 0.15) is 0 Å². The molecule has 2 heteroatoms. The molecule has 0 saturated heterocycles. The SMILES string of the molecule is CC(=O)NC/C=C(C)/C=C/C=C(C)/C=C/C1=C(C)CCCC1(C)C. The smallest absolute Gasteiger partial charge is 0.217 e. The van der Waals surface area contributed by atoms with Crippen LogP contribution in [0, 0.1) is 5.41 Å². The summed E-state index contributed by atoms with van der Waals surface area (Å²) in [5.41, 5.74) is 5.70. The number of rotatable bonds is 6. The first kappa shape index (κ1) is 20.2. The van der Waals surface area contributed by atoms with Crippen molar-refractivity contribution in [1.82, 2.24) is 5.32 Å². The number of carbonyl (C=O) groups excluding carboxylic acids is 1. The van der Waals surface area contributed by atoms with Crippen molar-refractivity contribution in [2.24, 2.45) is 5.41 Å². The molecule has 0 aromatic rings. The first-order chi connectivity index (χ1) is 11.2. The molecule has 0 aliphatic heterocycles. The molecule has 0 aromatic heterocycles. The molecular weight excluding hydrogens is 294 g/mol. The summed E-state index contributed by atoms with van der Waals surface area (Å²) in [5.74, 6) is -0.000794. The van der Waals surface area contributed by atoms with Gasteiger partial charge in [0, 0.05) is 13.5 Å². The quantitative estimate of drug-likeness (QED) is 0.627. The number of hydrogen-bond acceptors (Lipinski definition) is 1. The maximum absolute atomic E-state index is 10.8. The zero-order valence-corrected chi connectivity index (χ0v) is 16.2. The van der Waals surface area contributed by atoms with E-state index < -0.39 is 0 Å². The van der Waals surface area contributed by atoms with Crippen LogP contribution in [0.1, 0.15) is 60.8 Å². The van der Waals surface area contributed by atoms with Crippen molar-refractivity contribution >= 4 is 5.91 Å². The third-order valence-corrected chi connectivity index (χ3v) is 4.55. The lowest BCUT2D eigenvalue weighted by molar-refractivity contribution is -0.118. The molecule has 1 aliphatic rings. The molecule has 0 bridgehead atoms. The Morgan fingerprint density at radius 2 is 1.88 bits per heavy atom. The summed E-state index contributed by atoms with van der Waals surface area (Å²) in [6, 6.07) is 0. The van der Waals surface area contributed by atoms with Gasteiger partial charge in [-0.1, -0.05) is 67.0 Å². The highest BCUT2D eigenvalue weighted by Crippen LogP contribution is 2.40. The lowest BCUT2D eigenvalue weighted by Crippen LogP contribution is -2.19. The van der Waals surface area contributed by atoms with Crippen LogP contribution in [0.15, 0.2) is 58.7 Å². The first-order valence-corrected chi connectivity index (χ1v) is 8.87.